The number of nitrogens with two attached hydrogens (primary N) is 3. The highest BCUT2D eigenvalue weighted by Gasteiger charge is 2.43. The van der Waals surface area contributed by atoms with E-state index in [1.54, 1.807) is 0 Å². The minimum atomic E-state index is -0.554. The quantitative estimate of drug-likeness (QED) is 0.0498. The molecule has 14 atom stereocenters. The van der Waals surface area contributed by atoms with Gasteiger partial charge in [-0.1, -0.05) is 75.3 Å². The molecule has 14 nitrogen and oxygen atoms in total. The van der Waals surface area contributed by atoms with E-state index in [0.29, 0.717) is 70.0 Å². The molecular weight excluding hydrogens is 767 g/mol. The first-order valence-corrected chi connectivity index (χ1v) is 22.9. The molecule has 0 spiro atoms. The van der Waals surface area contributed by atoms with E-state index >= 15 is 0 Å². The second-order valence-corrected chi connectivity index (χ2v) is 16.8. The van der Waals surface area contributed by atoms with Crippen LogP contribution in [0.4, 0.5) is 0 Å². The highest BCUT2D eigenvalue weighted by atomic mass is 16.7. The van der Waals surface area contributed by atoms with Crippen LogP contribution in [-0.2, 0) is 42.9 Å². The first-order valence-electron chi connectivity index (χ1n) is 22.9. The van der Waals surface area contributed by atoms with Crippen molar-refractivity contribution in [1.29, 1.82) is 0 Å². The maximum atomic E-state index is 12.3. The lowest BCUT2D eigenvalue weighted by Gasteiger charge is -2.44. The number of allylic oxidation sites excluding steroid dienone is 1. The van der Waals surface area contributed by atoms with Crippen molar-refractivity contribution in [2.45, 2.75) is 191 Å². The van der Waals surface area contributed by atoms with E-state index in [1.807, 2.05) is 33.8 Å². The molecule has 2 saturated heterocycles. The van der Waals surface area contributed by atoms with E-state index in [0.717, 1.165) is 25.7 Å². The van der Waals surface area contributed by atoms with E-state index in [2.05, 4.69) is 58.8 Å². The molecule has 2 heterocycles. The van der Waals surface area contributed by atoms with Crippen molar-refractivity contribution in [3.05, 3.63) is 12.7 Å². The van der Waals surface area contributed by atoms with Crippen molar-refractivity contribution < 1.29 is 42.9 Å². The summed E-state index contributed by atoms with van der Waals surface area (Å²) in [5, 5.41) is 5.98. The third kappa shape index (κ3) is 19.8. The molecule has 350 valence electrons. The van der Waals surface area contributed by atoms with Crippen LogP contribution in [0.1, 0.15) is 154 Å². The van der Waals surface area contributed by atoms with Crippen molar-refractivity contribution >= 4 is 29.5 Å². The first kappa shape index (κ1) is 56.9. The van der Waals surface area contributed by atoms with Crippen LogP contribution in [0.2, 0.25) is 0 Å². The molecule has 5 amide bonds. The lowest BCUT2D eigenvalue weighted by atomic mass is 9.79. The number of hydrogen-bond acceptors (Lipinski definition) is 9. The van der Waals surface area contributed by atoms with Gasteiger partial charge in [0.05, 0.1) is 30.9 Å². The monoisotopic (exact) mass is 854 g/mol. The molecule has 0 saturated carbocycles. The summed E-state index contributed by atoms with van der Waals surface area (Å²) in [5.74, 6) is -1.52. The Morgan fingerprint density at radius 1 is 0.633 bits per heavy atom. The third-order valence-electron chi connectivity index (χ3n) is 12.6. The molecule has 4 unspecified atom stereocenters. The summed E-state index contributed by atoms with van der Waals surface area (Å²) in [6.07, 6.45) is 8.64. The summed E-state index contributed by atoms with van der Waals surface area (Å²) in [7, 11) is 0. The molecule has 0 aromatic carbocycles. The summed E-state index contributed by atoms with van der Waals surface area (Å²) in [6, 6.07) is -0.325. The fourth-order valence-electron chi connectivity index (χ4n) is 8.45. The van der Waals surface area contributed by atoms with Gasteiger partial charge in [-0.2, -0.15) is 0 Å². The van der Waals surface area contributed by atoms with Crippen molar-refractivity contribution in [3.8, 4) is 0 Å². The topological polar surface area (TPSA) is 224 Å². The smallest absolute Gasteiger partial charge is 0.220 e. The average Bonchev–Trinajstić information content (AvgIpc) is 3.20. The molecule has 2 aliphatic rings. The SMILES string of the molecule is C=CCCCO[C@H]1O[C@H](CC)[C@@H](C)[C@H](C)[C@H]1NC(C)=O.CC.CCC(CC(CCCO[C@H]1O[C@H](CC)[C@@H](C)[C@H](C)[C@H]1NC(C)=O)CC(CC(CC)C(N)=O)C(N)=O)C(N)=O. The van der Waals surface area contributed by atoms with Gasteiger partial charge in [0.25, 0.3) is 0 Å². The zero-order valence-corrected chi connectivity index (χ0v) is 39.5. The van der Waals surface area contributed by atoms with Crippen molar-refractivity contribution in [1.82, 2.24) is 10.6 Å². The van der Waals surface area contributed by atoms with Crippen molar-refractivity contribution in [3.63, 3.8) is 0 Å². The van der Waals surface area contributed by atoms with E-state index in [1.165, 1.54) is 13.8 Å². The van der Waals surface area contributed by atoms with E-state index < -0.39 is 29.9 Å². The Morgan fingerprint density at radius 2 is 1.02 bits per heavy atom. The van der Waals surface area contributed by atoms with Crippen LogP contribution in [0.5, 0.6) is 0 Å². The number of rotatable bonds is 25. The average molecular weight is 854 g/mol. The Morgan fingerprint density at radius 3 is 1.37 bits per heavy atom. The molecule has 2 fully saturated rings. The van der Waals surface area contributed by atoms with Gasteiger partial charge in [0.1, 0.15) is 0 Å². The summed E-state index contributed by atoms with van der Waals surface area (Å²) in [4.78, 5) is 59.3. The molecule has 8 N–H and O–H groups in total. The molecular formula is C46H87N5O9. The van der Waals surface area contributed by atoms with E-state index in [9.17, 15) is 24.0 Å². The van der Waals surface area contributed by atoms with Crippen LogP contribution >= 0.6 is 0 Å². The molecule has 14 heteroatoms. The number of nitrogens with one attached hydrogen (secondary N) is 2. The predicted molar refractivity (Wildman–Crippen MR) is 238 cm³/mol. The van der Waals surface area contributed by atoms with Crippen LogP contribution in [0.15, 0.2) is 12.7 Å². The molecule has 2 rings (SSSR count). The molecule has 0 aromatic heterocycles. The summed E-state index contributed by atoms with van der Waals surface area (Å²) in [5.41, 5.74) is 16.8. The van der Waals surface area contributed by atoms with Gasteiger partial charge in [0.2, 0.25) is 29.5 Å². The normalized spacial score (nSPS) is 28.2. The second kappa shape index (κ2) is 30.9. The van der Waals surface area contributed by atoms with Crippen molar-refractivity contribution in [2.75, 3.05) is 13.2 Å². The number of carbonyl (C=O) groups is 5. The fraction of sp³-hybridized carbons (Fsp3) is 0.848. The third-order valence-corrected chi connectivity index (χ3v) is 12.6. The number of unbranched alkanes of at least 4 members (excludes halogenated alkanes) is 1. The largest absolute Gasteiger partial charge is 0.369 e. The van der Waals surface area contributed by atoms with Gasteiger partial charge in [-0.15, -0.1) is 6.58 Å². The van der Waals surface area contributed by atoms with Gasteiger partial charge >= 0.3 is 0 Å². The fourth-order valence-corrected chi connectivity index (χ4v) is 8.45. The van der Waals surface area contributed by atoms with Crippen LogP contribution in [-0.4, -0.2) is 79.6 Å². The molecule has 2 aliphatic heterocycles. The second-order valence-electron chi connectivity index (χ2n) is 16.8. The highest BCUT2D eigenvalue weighted by Crippen LogP contribution is 2.35. The molecule has 0 aromatic rings. The number of amides is 5. The van der Waals surface area contributed by atoms with Gasteiger partial charge in [-0.3, -0.25) is 24.0 Å². The Balaban J connectivity index is 0.00000132. The van der Waals surface area contributed by atoms with E-state index in [-0.39, 0.29) is 72.0 Å². The molecule has 0 aliphatic carbocycles. The Hall–Kier alpha value is -3.07. The van der Waals surface area contributed by atoms with Gasteiger partial charge in [-0.05, 0) is 100 Å². The van der Waals surface area contributed by atoms with Crippen LogP contribution in [0, 0.1) is 47.3 Å². The summed E-state index contributed by atoms with van der Waals surface area (Å²) < 4.78 is 24.3. The maximum Gasteiger partial charge on any atom is 0.220 e. The summed E-state index contributed by atoms with van der Waals surface area (Å²) >= 11 is 0. The maximum absolute atomic E-state index is 12.3. The first-order chi connectivity index (χ1) is 28.4. The van der Waals surface area contributed by atoms with E-state index in [4.69, 9.17) is 36.1 Å². The van der Waals surface area contributed by atoms with Crippen LogP contribution in [0.3, 0.4) is 0 Å². The standard InChI is InChI=1S/C28H52N4O6.C16H29NO3.C2H6/c1-7-20(25(29)34)13-19(14-22(27(31)36)15-21(8-2)26(30)35)11-10-12-37-28-24(32-18(6)33)17(5)16(4)23(9-3)38-28;1-6-8-9-10-19-16-15(17-13(5)18)12(4)11(3)14(7-2)20-16;1-2/h16-17,19-24,28H,7-15H2,1-6H3,(H2,29,34)(H2,30,35)(H2,31,36)(H,32,33);6,11-12,14-16H,1,7-10H2,2-5H3,(H,17,18);1-2H3/t16-,17-,19?,20?,21?,22?,23+,24+,28-;11-,12-,14+,15+,16-;/m00./s1. The number of hydrogen-bond donors (Lipinski definition) is 5. The molecule has 0 bridgehead atoms. The van der Waals surface area contributed by atoms with Crippen LogP contribution in [0.25, 0.3) is 0 Å². The Kier molecular flexibility index (Phi) is 29.3. The van der Waals surface area contributed by atoms with Gasteiger partial charge in [-0.25, -0.2) is 0 Å². The van der Waals surface area contributed by atoms with Gasteiger partial charge in [0.15, 0.2) is 12.6 Å². The molecule has 0 radical (unpaired) electrons. The lowest BCUT2D eigenvalue weighted by Crippen LogP contribution is -2.57. The molecule has 60 heavy (non-hydrogen) atoms. The summed E-state index contributed by atoms with van der Waals surface area (Å²) in [6.45, 7) is 28.3. The predicted octanol–water partition coefficient (Wildman–Crippen LogP) is 6.51. The number of primary amides is 3. The zero-order chi connectivity index (χ0) is 46.1. The van der Waals surface area contributed by atoms with Crippen LogP contribution < -0.4 is 27.8 Å². The highest BCUT2D eigenvalue weighted by molar-refractivity contribution is 5.80. The minimum Gasteiger partial charge on any atom is -0.369 e. The zero-order valence-electron chi connectivity index (χ0n) is 39.5. The van der Waals surface area contributed by atoms with Gasteiger partial charge < -0.3 is 46.8 Å². The minimum absolute atomic E-state index is 0.0142. The number of carbonyl (C=O) groups excluding carboxylic acids is 5. The Labute approximate surface area is 363 Å². The lowest BCUT2D eigenvalue weighted by molar-refractivity contribution is -0.236. The van der Waals surface area contributed by atoms with Gasteiger partial charge in [0, 0.05) is 38.2 Å². The van der Waals surface area contributed by atoms with Crippen molar-refractivity contribution in [2.24, 2.45) is 64.5 Å². The Bertz CT molecular complexity index is 1270. The number of ether oxygens (including phenoxy) is 4.